The summed E-state index contributed by atoms with van der Waals surface area (Å²) in [6.07, 6.45) is 28.8. The van der Waals surface area contributed by atoms with E-state index in [9.17, 15) is 19.0 Å². The van der Waals surface area contributed by atoms with E-state index in [1.54, 1.807) is 0 Å². The molecule has 2 atom stereocenters. The van der Waals surface area contributed by atoms with Crippen molar-refractivity contribution in [1.82, 2.24) is 0 Å². The van der Waals surface area contributed by atoms with Crippen LogP contribution in [0.5, 0.6) is 0 Å². The van der Waals surface area contributed by atoms with Gasteiger partial charge in [-0.1, -0.05) is 88.1 Å². The average molecular weight is 642 g/mol. The van der Waals surface area contributed by atoms with Crippen molar-refractivity contribution >= 4 is 19.8 Å². The van der Waals surface area contributed by atoms with Crippen LogP contribution in [0.15, 0.2) is 48.6 Å². The van der Waals surface area contributed by atoms with E-state index in [-0.39, 0.29) is 26.1 Å². The predicted molar refractivity (Wildman–Crippen MR) is 176 cm³/mol. The van der Waals surface area contributed by atoms with Crippen molar-refractivity contribution in [2.45, 2.75) is 110 Å². The maximum atomic E-state index is 12.4. The molecule has 0 fully saturated rings. The standard InChI is InChI=1S/C34H60NO8P/c1-6-8-9-10-11-12-13-14-15-16-17-18-19-20-21-22-23-24-25-27-34(37)43-32(30-40-33(36)26-7-2)31-42-44(38,39)41-29-28-35(3,4)5/h8-9,11-12,14-15,17-18,32H,6-7,10,13,16,19-31H2,1-5H3/b9-8-,12-11-,15-14-,18-17-. The number of ether oxygens (including phenoxy) is 2. The number of allylic oxidation sites excluding steroid dienone is 8. The Hall–Kier alpha value is -2.03. The zero-order chi connectivity index (χ0) is 32.9. The lowest BCUT2D eigenvalue weighted by molar-refractivity contribution is -0.870. The molecule has 0 amide bonds. The van der Waals surface area contributed by atoms with E-state index in [1.807, 2.05) is 28.1 Å². The number of phosphoric acid groups is 1. The van der Waals surface area contributed by atoms with Crippen molar-refractivity contribution in [1.29, 1.82) is 0 Å². The lowest BCUT2D eigenvalue weighted by Gasteiger charge is -2.28. The highest BCUT2D eigenvalue weighted by Gasteiger charge is 2.21. The number of rotatable bonds is 28. The fourth-order valence-electron chi connectivity index (χ4n) is 3.80. The smallest absolute Gasteiger partial charge is 0.306 e. The van der Waals surface area contributed by atoms with Crippen molar-refractivity contribution in [2.75, 3.05) is 47.5 Å². The molecule has 254 valence electrons. The van der Waals surface area contributed by atoms with Gasteiger partial charge in [0.1, 0.15) is 19.8 Å². The van der Waals surface area contributed by atoms with Crippen molar-refractivity contribution in [3.8, 4) is 0 Å². The summed E-state index contributed by atoms with van der Waals surface area (Å²) >= 11 is 0. The first-order chi connectivity index (χ1) is 21.0. The highest BCUT2D eigenvalue weighted by atomic mass is 31.2. The molecule has 0 spiro atoms. The summed E-state index contributed by atoms with van der Waals surface area (Å²) in [5.41, 5.74) is 0. The van der Waals surface area contributed by atoms with Crippen LogP contribution in [0, 0.1) is 0 Å². The first-order valence-electron chi connectivity index (χ1n) is 16.3. The highest BCUT2D eigenvalue weighted by Crippen LogP contribution is 2.38. The molecule has 0 aromatic rings. The third-order valence-electron chi connectivity index (χ3n) is 6.33. The normalized spacial score (nSPS) is 14.6. The highest BCUT2D eigenvalue weighted by molar-refractivity contribution is 7.45. The molecule has 44 heavy (non-hydrogen) atoms. The van der Waals surface area contributed by atoms with Crippen molar-refractivity contribution in [3.63, 3.8) is 0 Å². The molecule has 9 nitrogen and oxygen atoms in total. The van der Waals surface area contributed by atoms with E-state index in [0.717, 1.165) is 64.2 Å². The van der Waals surface area contributed by atoms with Gasteiger partial charge >= 0.3 is 11.9 Å². The van der Waals surface area contributed by atoms with Crippen LogP contribution in [-0.2, 0) is 32.7 Å². The maximum absolute atomic E-state index is 12.4. The Labute approximate surface area is 267 Å². The number of quaternary nitrogens is 1. The first-order valence-corrected chi connectivity index (χ1v) is 17.8. The summed E-state index contributed by atoms with van der Waals surface area (Å²) in [6, 6.07) is 0. The summed E-state index contributed by atoms with van der Waals surface area (Å²) in [5.74, 6) is -0.920. The van der Waals surface area contributed by atoms with Gasteiger partial charge in [0, 0.05) is 12.8 Å². The van der Waals surface area contributed by atoms with E-state index >= 15 is 0 Å². The Morgan fingerprint density at radius 2 is 1.30 bits per heavy atom. The molecular formula is C34H60NO8P. The number of unbranched alkanes of at least 4 members (excludes halogenated alkanes) is 6. The van der Waals surface area contributed by atoms with Gasteiger partial charge in [-0.15, -0.1) is 0 Å². The van der Waals surface area contributed by atoms with Crippen LogP contribution < -0.4 is 4.89 Å². The van der Waals surface area contributed by atoms with E-state index in [0.29, 0.717) is 23.9 Å². The van der Waals surface area contributed by atoms with E-state index in [4.69, 9.17) is 18.5 Å². The molecule has 0 aliphatic heterocycles. The summed E-state index contributed by atoms with van der Waals surface area (Å²) in [6.45, 7) is 3.66. The molecule has 0 saturated carbocycles. The second kappa shape index (κ2) is 27.3. The SMILES string of the molecule is CC/C=C\C/C=C\C/C=C\C/C=C\CCCCCCCCC(=O)OC(COC(=O)CCC)COP(=O)([O-])OCC[N+](C)(C)C. The van der Waals surface area contributed by atoms with Gasteiger partial charge in [-0.3, -0.25) is 14.2 Å². The Balaban J connectivity index is 4.17. The fraction of sp³-hybridized carbons (Fsp3) is 0.706. The van der Waals surface area contributed by atoms with Gasteiger partial charge in [0.05, 0.1) is 27.7 Å². The monoisotopic (exact) mass is 641 g/mol. The number of hydrogen-bond donors (Lipinski definition) is 0. The lowest BCUT2D eigenvalue weighted by Crippen LogP contribution is -2.37. The molecule has 0 radical (unpaired) electrons. The van der Waals surface area contributed by atoms with E-state index in [1.165, 1.54) is 0 Å². The molecule has 2 unspecified atom stereocenters. The molecule has 0 aromatic carbocycles. The third-order valence-corrected chi connectivity index (χ3v) is 7.30. The molecular weight excluding hydrogens is 581 g/mol. The van der Waals surface area contributed by atoms with Crippen LogP contribution in [0.2, 0.25) is 0 Å². The predicted octanol–water partition coefficient (Wildman–Crippen LogP) is 7.38. The second-order valence-electron chi connectivity index (χ2n) is 11.8. The van der Waals surface area contributed by atoms with Gasteiger partial charge < -0.3 is 27.9 Å². The number of esters is 2. The summed E-state index contributed by atoms with van der Waals surface area (Å²) in [5, 5.41) is 0. The minimum atomic E-state index is -4.60. The number of hydrogen-bond acceptors (Lipinski definition) is 8. The Morgan fingerprint density at radius 1 is 0.727 bits per heavy atom. The largest absolute Gasteiger partial charge is 0.756 e. The van der Waals surface area contributed by atoms with Crippen molar-refractivity contribution in [2.24, 2.45) is 0 Å². The molecule has 0 aliphatic rings. The van der Waals surface area contributed by atoms with Gasteiger partial charge in [0.15, 0.2) is 6.10 Å². The van der Waals surface area contributed by atoms with E-state index in [2.05, 4.69) is 55.5 Å². The van der Waals surface area contributed by atoms with Crippen molar-refractivity contribution < 1.29 is 42.1 Å². The topological polar surface area (TPSA) is 111 Å². The van der Waals surface area contributed by atoms with Crippen molar-refractivity contribution in [3.05, 3.63) is 48.6 Å². The zero-order valence-corrected chi connectivity index (χ0v) is 29.0. The Kier molecular flexibility index (Phi) is 26.0. The minimum Gasteiger partial charge on any atom is -0.756 e. The second-order valence-corrected chi connectivity index (χ2v) is 13.2. The average Bonchev–Trinajstić information content (AvgIpc) is 2.95. The number of carbonyl (C=O) groups is 2. The van der Waals surface area contributed by atoms with Gasteiger partial charge in [-0.25, -0.2) is 0 Å². The Morgan fingerprint density at radius 3 is 1.89 bits per heavy atom. The molecule has 0 saturated heterocycles. The van der Waals surface area contributed by atoms with Crippen LogP contribution in [0.3, 0.4) is 0 Å². The number of nitrogens with zero attached hydrogens (tertiary/aromatic N) is 1. The third kappa shape index (κ3) is 30.0. The Bertz CT molecular complexity index is 907. The van der Waals surface area contributed by atoms with Crippen LogP contribution in [0.25, 0.3) is 0 Å². The zero-order valence-electron chi connectivity index (χ0n) is 28.1. The number of phosphoric ester groups is 1. The molecule has 10 heteroatoms. The molecule has 0 rings (SSSR count). The van der Waals surface area contributed by atoms with Crippen LogP contribution in [-0.4, -0.2) is 70.0 Å². The molecule has 0 aromatic heterocycles. The molecule has 0 heterocycles. The molecule has 0 N–H and O–H groups in total. The lowest BCUT2D eigenvalue weighted by atomic mass is 10.1. The summed E-state index contributed by atoms with van der Waals surface area (Å²) in [4.78, 5) is 36.3. The van der Waals surface area contributed by atoms with E-state index < -0.39 is 32.5 Å². The summed E-state index contributed by atoms with van der Waals surface area (Å²) in [7, 11) is 1.14. The van der Waals surface area contributed by atoms with Crippen LogP contribution in [0.1, 0.15) is 104 Å². The van der Waals surface area contributed by atoms with Gasteiger partial charge in [0.2, 0.25) is 0 Å². The molecule has 0 bridgehead atoms. The minimum absolute atomic E-state index is 0.0371. The maximum Gasteiger partial charge on any atom is 0.306 e. The first kappa shape index (κ1) is 42.0. The fourth-order valence-corrected chi connectivity index (χ4v) is 4.53. The molecule has 0 aliphatic carbocycles. The quantitative estimate of drug-likeness (QED) is 0.0286. The van der Waals surface area contributed by atoms with Gasteiger partial charge in [-0.05, 0) is 51.4 Å². The van der Waals surface area contributed by atoms with Gasteiger partial charge in [-0.2, -0.15) is 0 Å². The van der Waals surface area contributed by atoms with Crippen LogP contribution in [0.4, 0.5) is 0 Å². The van der Waals surface area contributed by atoms with Crippen LogP contribution >= 0.6 is 7.82 Å². The number of likely N-dealkylation sites (N-methyl/N-ethyl adjacent to an activating group) is 1. The van der Waals surface area contributed by atoms with Gasteiger partial charge in [0.25, 0.3) is 7.82 Å². The number of carbonyl (C=O) groups excluding carboxylic acids is 2. The summed E-state index contributed by atoms with van der Waals surface area (Å²) < 4.78 is 33.0.